The van der Waals surface area contributed by atoms with E-state index in [1.165, 1.54) is 5.56 Å². The Morgan fingerprint density at radius 2 is 1.59 bits per heavy atom. The van der Waals surface area contributed by atoms with Gasteiger partial charge in [-0.05, 0) is 95.2 Å². The Hall–Kier alpha value is -3.06. The Labute approximate surface area is 225 Å². The summed E-state index contributed by atoms with van der Waals surface area (Å²) in [6.45, 7) is 12.9. The fourth-order valence-corrected chi connectivity index (χ4v) is 4.90. The van der Waals surface area contributed by atoms with Crippen LogP contribution in [0, 0.1) is 6.92 Å². The van der Waals surface area contributed by atoms with Crippen molar-refractivity contribution in [1.29, 1.82) is 0 Å². The maximum atomic E-state index is 12.5. The van der Waals surface area contributed by atoms with E-state index in [-0.39, 0.29) is 18.4 Å². The number of hydrogen-bond acceptors (Lipinski definition) is 5. The van der Waals surface area contributed by atoms with Gasteiger partial charge in [0.2, 0.25) is 6.41 Å². The number of aldehydes is 1. The number of anilines is 2. The van der Waals surface area contributed by atoms with Gasteiger partial charge in [0.25, 0.3) is 0 Å². The summed E-state index contributed by atoms with van der Waals surface area (Å²) in [6, 6.07) is 12.1. The summed E-state index contributed by atoms with van der Waals surface area (Å²) in [5.41, 5.74) is 8.19. The van der Waals surface area contributed by atoms with Crippen LogP contribution in [0.2, 0.25) is 5.02 Å². The van der Waals surface area contributed by atoms with Gasteiger partial charge in [-0.15, -0.1) is 0 Å². The number of primary amides is 1. The Bertz CT molecular complexity index is 1100. The molecule has 8 heteroatoms. The lowest BCUT2D eigenvalue weighted by Crippen LogP contribution is -2.41. The summed E-state index contributed by atoms with van der Waals surface area (Å²) in [6.07, 6.45) is 2.67. The lowest BCUT2D eigenvalue weighted by Gasteiger charge is -2.37. The molecule has 0 unspecified atom stereocenters. The number of benzene rings is 2. The number of rotatable bonds is 5. The van der Waals surface area contributed by atoms with Crippen LogP contribution in [-0.4, -0.2) is 49.4 Å². The molecule has 1 heterocycles. The second-order valence-electron chi connectivity index (χ2n) is 10.9. The van der Waals surface area contributed by atoms with Crippen LogP contribution in [0.15, 0.2) is 36.4 Å². The molecule has 1 aliphatic heterocycles. The number of likely N-dealkylation sites (tertiary alicyclic amines) is 1. The van der Waals surface area contributed by atoms with E-state index in [4.69, 9.17) is 21.1 Å². The minimum Gasteiger partial charge on any atom is -0.444 e. The van der Waals surface area contributed by atoms with Crippen molar-refractivity contribution in [2.24, 2.45) is 5.73 Å². The number of nitrogens with zero attached hydrogens (tertiary/aromatic N) is 2. The third-order valence-electron chi connectivity index (χ3n) is 6.56. The molecule has 0 atom stereocenters. The van der Waals surface area contributed by atoms with Gasteiger partial charge in [0, 0.05) is 41.9 Å². The molecule has 0 aromatic heterocycles. The van der Waals surface area contributed by atoms with E-state index in [1.807, 2.05) is 66.8 Å². The van der Waals surface area contributed by atoms with Gasteiger partial charge in [-0.3, -0.25) is 4.79 Å². The fraction of sp³-hybridized carbons (Fsp3) is 0.483. The number of ether oxygens (including phenoxy) is 1. The number of carbonyl (C=O) groups excluding carboxylic acids is 3. The van der Waals surface area contributed by atoms with Gasteiger partial charge in [-0.1, -0.05) is 29.8 Å². The van der Waals surface area contributed by atoms with Crippen LogP contribution in [0.3, 0.4) is 0 Å². The van der Waals surface area contributed by atoms with Crippen LogP contribution in [0.1, 0.15) is 70.1 Å². The van der Waals surface area contributed by atoms with Crippen LogP contribution in [0.4, 0.5) is 16.2 Å². The molecule has 7 nitrogen and oxygen atoms in total. The number of nitrogens with two attached hydrogens (primary N) is 1. The molecule has 2 aromatic rings. The lowest BCUT2D eigenvalue weighted by atomic mass is 9.76. The zero-order valence-electron chi connectivity index (χ0n) is 23.0. The van der Waals surface area contributed by atoms with Gasteiger partial charge >= 0.3 is 6.09 Å². The third-order valence-corrected chi connectivity index (χ3v) is 6.97. The molecule has 1 saturated heterocycles. The second kappa shape index (κ2) is 12.5. The predicted octanol–water partition coefficient (Wildman–Crippen LogP) is 6.11. The molecule has 0 spiro atoms. The first kappa shape index (κ1) is 30.2. The highest BCUT2D eigenvalue weighted by Crippen LogP contribution is 2.43. The Balaban J connectivity index is 0.00000153. The SMILES string of the molecule is Cc1c(Cl)cccc1N(C)c1cccc(C2CCN(C(=O)OC(C)(C)C)CC2)c1C(C)(C)C=O.NC=O. The smallest absolute Gasteiger partial charge is 0.410 e. The van der Waals surface area contributed by atoms with Crippen molar-refractivity contribution in [3.05, 3.63) is 58.1 Å². The van der Waals surface area contributed by atoms with Gasteiger partial charge in [-0.25, -0.2) is 4.79 Å². The van der Waals surface area contributed by atoms with Gasteiger partial charge in [0.1, 0.15) is 11.9 Å². The number of amides is 2. The van der Waals surface area contributed by atoms with Crippen LogP contribution in [0.25, 0.3) is 0 Å². The average molecular weight is 530 g/mol. The van der Waals surface area contributed by atoms with Crippen molar-refractivity contribution in [3.8, 4) is 0 Å². The van der Waals surface area contributed by atoms with Gasteiger partial charge < -0.3 is 25.1 Å². The first-order chi connectivity index (χ1) is 17.3. The molecule has 0 bridgehead atoms. The highest BCUT2D eigenvalue weighted by atomic mass is 35.5. The topological polar surface area (TPSA) is 92.9 Å². The van der Waals surface area contributed by atoms with Crippen LogP contribution < -0.4 is 10.6 Å². The average Bonchev–Trinajstić information content (AvgIpc) is 2.84. The van der Waals surface area contributed by atoms with Crippen LogP contribution >= 0.6 is 11.6 Å². The third kappa shape index (κ3) is 7.48. The second-order valence-corrected chi connectivity index (χ2v) is 11.3. The van der Waals surface area contributed by atoms with Crippen molar-refractivity contribution < 1.29 is 19.1 Å². The van der Waals surface area contributed by atoms with E-state index in [9.17, 15) is 9.59 Å². The highest BCUT2D eigenvalue weighted by molar-refractivity contribution is 6.31. The maximum Gasteiger partial charge on any atom is 0.410 e. The highest BCUT2D eigenvalue weighted by Gasteiger charge is 2.34. The standard InChI is InChI=1S/C28H37ClN2O3.CH3NO/c1-19-22(29)11-9-12-23(19)30(7)24-13-8-10-21(25(24)28(5,6)18-32)20-14-16-31(17-15-20)26(33)34-27(2,3)4;2-1-3/h8-13,18,20H,14-17H2,1-7H3;1H,(H2,2,3). The van der Waals surface area contributed by atoms with E-state index in [0.717, 1.165) is 41.6 Å². The zero-order valence-corrected chi connectivity index (χ0v) is 23.8. The fourth-order valence-electron chi connectivity index (χ4n) is 4.73. The molecular formula is C29H40ClN3O4. The van der Waals surface area contributed by atoms with Crippen molar-refractivity contribution in [2.45, 2.75) is 71.3 Å². The lowest BCUT2D eigenvalue weighted by molar-refractivity contribution is -0.111. The van der Waals surface area contributed by atoms with E-state index in [0.29, 0.717) is 18.1 Å². The van der Waals surface area contributed by atoms with Crippen molar-refractivity contribution >= 4 is 41.8 Å². The summed E-state index contributed by atoms with van der Waals surface area (Å²) < 4.78 is 5.56. The quantitative estimate of drug-likeness (QED) is 0.472. The van der Waals surface area contributed by atoms with Crippen LogP contribution in [-0.2, 0) is 19.7 Å². The number of carbonyl (C=O) groups is 3. The van der Waals surface area contributed by atoms with Gasteiger partial charge in [0.05, 0.1) is 0 Å². The zero-order chi connectivity index (χ0) is 28.0. The van der Waals surface area contributed by atoms with Gasteiger partial charge in [0.15, 0.2) is 0 Å². The molecule has 0 aliphatic carbocycles. The molecule has 1 fully saturated rings. The summed E-state index contributed by atoms with van der Waals surface area (Å²) >= 11 is 6.41. The van der Waals surface area contributed by atoms with E-state index >= 15 is 0 Å². The monoisotopic (exact) mass is 529 g/mol. The molecule has 2 amide bonds. The summed E-state index contributed by atoms with van der Waals surface area (Å²) in [4.78, 5) is 37.3. The summed E-state index contributed by atoms with van der Waals surface area (Å²) in [7, 11) is 2.02. The summed E-state index contributed by atoms with van der Waals surface area (Å²) in [5.74, 6) is 0.252. The number of piperidine rings is 1. The van der Waals surface area contributed by atoms with Crippen molar-refractivity contribution in [1.82, 2.24) is 4.90 Å². The molecule has 202 valence electrons. The normalized spacial score (nSPS) is 14.3. The Morgan fingerprint density at radius 1 is 1.05 bits per heavy atom. The molecule has 0 radical (unpaired) electrons. The van der Waals surface area contributed by atoms with E-state index in [1.54, 1.807) is 4.90 Å². The first-order valence-corrected chi connectivity index (χ1v) is 12.9. The minimum atomic E-state index is -0.672. The molecular weight excluding hydrogens is 490 g/mol. The predicted molar refractivity (Wildman–Crippen MR) is 150 cm³/mol. The van der Waals surface area contributed by atoms with Crippen molar-refractivity contribution in [2.75, 3.05) is 25.0 Å². The van der Waals surface area contributed by atoms with Crippen LogP contribution in [0.5, 0.6) is 0 Å². The Morgan fingerprint density at radius 3 is 2.14 bits per heavy atom. The Kier molecular flexibility index (Phi) is 10.2. The largest absolute Gasteiger partial charge is 0.444 e. The van der Waals surface area contributed by atoms with Gasteiger partial charge in [-0.2, -0.15) is 0 Å². The van der Waals surface area contributed by atoms with Crippen molar-refractivity contribution in [3.63, 3.8) is 0 Å². The first-order valence-electron chi connectivity index (χ1n) is 12.5. The summed E-state index contributed by atoms with van der Waals surface area (Å²) in [5, 5.41) is 0.714. The molecule has 2 N–H and O–H groups in total. The maximum absolute atomic E-state index is 12.5. The molecule has 2 aromatic carbocycles. The number of hydrogen-bond donors (Lipinski definition) is 1. The molecule has 1 aliphatic rings. The molecule has 0 saturated carbocycles. The molecule has 3 rings (SSSR count). The number of halogens is 1. The minimum absolute atomic E-state index is 0.250. The van der Waals surface area contributed by atoms with E-state index in [2.05, 4.69) is 28.8 Å². The van der Waals surface area contributed by atoms with E-state index < -0.39 is 11.0 Å². The molecule has 37 heavy (non-hydrogen) atoms.